The Morgan fingerprint density at radius 1 is 1.35 bits per heavy atom. The number of hydrogen-bond donors (Lipinski definition) is 0. The average molecular weight is 316 g/mol. The van der Waals surface area contributed by atoms with Crippen molar-refractivity contribution in [3.8, 4) is 0 Å². The molecule has 1 aliphatic carbocycles. The fourth-order valence-electron chi connectivity index (χ4n) is 4.74. The first-order chi connectivity index (χ1) is 10.9. The number of allylic oxidation sites excluding steroid dienone is 3. The van der Waals surface area contributed by atoms with Crippen LogP contribution < -0.4 is 0 Å². The molecule has 0 amide bonds. The molecule has 2 aliphatic heterocycles. The lowest BCUT2D eigenvalue weighted by Gasteiger charge is -2.38. The highest BCUT2D eigenvalue weighted by Crippen LogP contribution is 2.52. The summed E-state index contributed by atoms with van der Waals surface area (Å²) in [5.41, 5.74) is 3.75. The minimum atomic E-state index is -0.302. The Labute approximate surface area is 139 Å². The van der Waals surface area contributed by atoms with Gasteiger partial charge >= 0.3 is 0 Å². The maximum absolute atomic E-state index is 12.7. The molecule has 5 atom stereocenters. The zero-order chi connectivity index (χ0) is 16.7. The topological polar surface area (TPSA) is 35.5 Å². The lowest BCUT2D eigenvalue weighted by Crippen LogP contribution is -2.39. The van der Waals surface area contributed by atoms with E-state index in [1.54, 1.807) is 7.11 Å². The van der Waals surface area contributed by atoms with Crippen molar-refractivity contribution >= 4 is 5.78 Å². The van der Waals surface area contributed by atoms with Crippen LogP contribution >= 0.6 is 0 Å². The number of carbonyl (C=O) groups is 1. The van der Waals surface area contributed by atoms with Crippen LogP contribution in [0.5, 0.6) is 0 Å². The second-order valence-electron chi connectivity index (χ2n) is 7.46. The van der Waals surface area contributed by atoms with E-state index in [0.717, 1.165) is 30.6 Å². The molecule has 0 N–H and O–H groups in total. The molecule has 1 fully saturated rings. The lowest BCUT2D eigenvalue weighted by molar-refractivity contribution is -0.131. The first kappa shape index (κ1) is 16.5. The van der Waals surface area contributed by atoms with E-state index in [4.69, 9.17) is 9.47 Å². The van der Waals surface area contributed by atoms with Gasteiger partial charge in [-0.3, -0.25) is 4.79 Å². The Kier molecular flexibility index (Phi) is 4.50. The fraction of sp³-hybridized carbons (Fsp3) is 0.650. The zero-order valence-corrected chi connectivity index (χ0v) is 14.7. The van der Waals surface area contributed by atoms with Crippen molar-refractivity contribution in [3.05, 3.63) is 35.1 Å². The van der Waals surface area contributed by atoms with Gasteiger partial charge in [0, 0.05) is 18.3 Å². The number of carbonyl (C=O) groups excluding carboxylic acids is 1. The second-order valence-corrected chi connectivity index (χ2v) is 7.46. The van der Waals surface area contributed by atoms with Gasteiger partial charge in [-0.25, -0.2) is 0 Å². The van der Waals surface area contributed by atoms with E-state index in [2.05, 4.69) is 33.4 Å². The molecule has 126 valence electrons. The molecule has 0 saturated carbocycles. The van der Waals surface area contributed by atoms with E-state index < -0.39 is 0 Å². The van der Waals surface area contributed by atoms with Gasteiger partial charge in [-0.15, -0.1) is 0 Å². The summed E-state index contributed by atoms with van der Waals surface area (Å²) in [4.78, 5) is 12.7. The molecule has 3 rings (SSSR count). The van der Waals surface area contributed by atoms with Gasteiger partial charge in [0.05, 0.1) is 13.2 Å². The molecule has 0 unspecified atom stereocenters. The maximum atomic E-state index is 12.7. The number of methoxy groups -OCH3 is 1. The van der Waals surface area contributed by atoms with Crippen LogP contribution in [0.2, 0.25) is 0 Å². The first-order valence-electron chi connectivity index (χ1n) is 8.66. The summed E-state index contributed by atoms with van der Waals surface area (Å²) < 4.78 is 12.1. The molecule has 0 spiro atoms. The fourth-order valence-corrected chi connectivity index (χ4v) is 4.74. The summed E-state index contributed by atoms with van der Waals surface area (Å²) in [5, 5.41) is 0. The second kappa shape index (κ2) is 6.27. The van der Waals surface area contributed by atoms with Gasteiger partial charge in [0.25, 0.3) is 0 Å². The molecule has 3 heteroatoms. The van der Waals surface area contributed by atoms with E-state index in [1.165, 1.54) is 11.1 Å². The highest BCUT2D eigenvalue weighted by molar-refractivity contribution is 5.84. The third kappa shape index (κ3) is 2.80. The Morgan fingerprint density at radius 3 is 2.74 bits per heavy atom. The molecule has 0 aromatic heterocycles. The third-order valence-corrected chi connectivity index (χ3v) is 5.78. The van der Waals surface area contributed by atoms with Gasteiger partial charge in [0.2, 0.25) is 0 Å². The summed E-state index contributed by atoms with van der Waals surface area (Å²) in [7, 11) is 1.75. The molecule has 23 heavy (non-hydrogen) atoms. The minimum absolute atomic E-state index is 0.0374. The van der Waals surface area contributed by atoms with E-state index in [-0.39, 0.29) is 29.8 Å². The largest absolute Gasteiger partial charge is 0.501 e. The quantitative estimate of drug-likeness (QED) is 0.716. The number of ketones is 1. The van der Waals surface area contributed by atoms with Gasteiger partial charge in [-0.1, -0.05) is 23.8 Å². The number of hydrogen-bond acceptors (Lipinski definition) is 3. The van der Waals surface area contributed by atoms with Crippen LogP contribution in [0.1, 0.15) is 46.5 Å². The lowest BCUT2D eigenvalue weighted by atomic mass is 9.66. The predicted molar refractivity (Wildman–Crippen MR) is 90.9 cm³/mol. The van der Waals surface area contributed by atoms with Crippen LogP contribution in [-0.4, -0.2) is 25.1 Å². The maximum Gasteiger partial charge on any atom is 0.162 e. The SMILES string of the molecule is C=C(C)[C@H]1CC(C)=C(OC)[C@H]2[C@@H]1[C@H]1O[C@@H]2C/C(C)=C\CCC1=O. The van der Waals surface area contributed by atoms with Crippen molar-refractivity contribution in [1.29, 1.82) is 0 Å². The molecule has 2 bridgehead atoms. The predicted octanol–water partition coefficient (Wildman–Crippen LogP) is 4.20. The monoisotopic (exact) mass is 316 g/mol. The van der Waals surface area contributed by atoms with Crippen LogP contribution in [0.4, 0.5) is 0 Å². The number of fused-ring (bicyclic) bond motifs is 5. The van der Waals surface area contributed by atoms with E-state index in [9.17, 15) is 4.79 Å². The van der Waals surface area contributed by atoms with E-state index >= 15 is 0 Å². The van der Waals surface area contributed by atoms with Gasteiger partial charge < -0.3 is 9.47 Å². The molecule has 0 aromatic carbocycles. The number of Topliss-reactive ketones (excluding diaryl/α,β-unsaturated/α-hetero) is 1. The highest BCUT2D eigenvalue weighted by atomic mass is 16.5. The molecule has 1 saturated heterocycles. The highest BCUT2D eigenvalue weighted by Gasteiger charge is 2.54. The van der Waals surface area contributed by atoms with Crippen molar-refractivity contribution in [2.75, 3.05) is 7.11 Å². The van der Waals surface area contributed by atoms with E-state index in [0.29, 0.717) is 12.3 Å². The van der Waals surface area contributed by atoms with Crippen LogP contribution in [0.3, 0.4) is 0 Å². The van der Waals surface area contributed by atoms with Gasteiger partial charge in [-0.2, -0.15) is 0 Å². The van der Waals surface area contributed by atoms with Crippen molar-refractivity contribution in [2.45, 2.75) is 58.7 Å². The standard InChI is InChI=1S/C20H28O3/c1-11(2)14-10-13(4)19(22-5)18-16-9-12(3)7-6-8-15(21)20(23-16)17(14)18/h7,14,16-18,20H,1,6,8-10H2,2-5H3/b12-7-/t14-,16-,17-,18-,20+/m1/s1. The summed E-state index contributed by atoms with van der Waals surface area (Å²) in [6.07, 6.45) is 5.14. The van der Waals surface area contributed by atoms with Gasteiger partial charge in [0.1, 0.15) is 11.9 Å². The van der Waals surface area contributed by atoms with Crippen LogP contribution in [0.15, 0.2) is 35.1 Å². The summed E-state index contributed by atoms with van der Waals surface area (Å²) in [6, 6.07) is 0. The smallest absolute Gasteiger partial charge is 0.162 e. The third-order valence-electron chi connectivity index (χ3n) is 5.78. The zero-order valence-electron chi connectivity index (χ0n) is 14.7. The summed E-state index contributed by atoms with van der Waals surface area (Å²) in [6.45, 7) is 10.6. The molecule has 0 radical (unpaired) electrons. The Balaban J connectivity index is 2.08. The normalized spacial score (nSPS) is 39.7. The van der Waals surface area contributed by atoms with Gasteiger partial charge in [0.15, 0.2) is 5.78 Å². The van der Waals surface area contributed by atoms with Crippen molar-refractivity contribution in [2.24, 2.45) is 17.8 Å². The first-order valence-corrected chi connectivity index (χ1v) is 8.66. The van der Waals surface area contributed by atoms with Crippen LogP contribution in [0, 0.1) is 17.8 Å². The molecule has 3 aliphatic rings. The molecular weight excluding hydrogens is 288 g/mol. The van der Waals surface area contributed by atoms with Crippen LogP contribution in [-0.2, 0) is 14.3 Å². The number of rotatable bonds is 2. The average Bonchev–Trinajstić information content (AvgIpc) is 2.87. The van der Waals surface area contributed by atoms with Crippen LogP contribution in [0.25, 0.3) is 0 Å². The Bertz CT molecular complexity index is 584. The van der Waals surface area contributed by atoms with Crippen molar-refractivity contribution in [1.82, 2.24) is 0 Å². The molecular formula is C20H28O3. The molecule has 3 nitrogen and oxygen atoms in total. The van der Waals surface area contributed by atoms with Crippen molar-refractivity contribution in [3.63, 3.8) is 0 Å². The minimum Gasteiger partial charge on any atom is -0.501 e. The summed E-state index contributed by atoms with van der Waals surface area (Å²) >= 11 is 0. The molecule has 2 heterocycles. The Hall–Kier alpha value is -1.35. The number of ether oxygens (including phenoxy) is 2. The Morgan fingerprint density at radius 2 is 2.09 bits per heavy atom. The van der Waals surface area contributed by atoms with E-state index in [1.807, 2.05) is 0 Å². The van der Waals surface area contributed by atoms with Gasteiger partial charge in [-0.05, 0) is 51.5 Å². The molecule has 0 aromatic rings. The van der Waals surface area contributed by atoms with Crippen molar-refractivity contribution < 1.29 is 14.3 Å². The summed E-state index contributed by atoms with van der Waals surface area (Å²) in [5.74, 6) is 1.94.